The van der Waals surface area contributed by atoms with Gasteiger partial charge in [-0.05, 0) is 79.6 Å². The van der Waals surface area contributed by atoms with Crippen molar-refractivity contribution in [3.05, 3.63) is 83.4 Å². The number of halogens is 1. The van der Waals surface area contributed by atoms with Gasteiger partial charge in [-0.15, -0.1) is 0 Å². The minimum atomic E-state index is -3.81. The van der Waals surface area contributed by atoms with Crippen LogP contribution in [0.25, 0.3) is 0 Å². The summed E-state index contributed by atoms with van der Waals surface area (Å²) in [5.41, 5.74) is 2.29. The number of sulfonamides is 2. The highest BCUT2D eigenvalue weighted by atomic mass is 35.5. The van der Waals surface area contributed by atoms with Crippen molar-refractivity contribution in [2.45, 2.75) is 24.7 Å². The summed E-state index contributed by atoms with van der Waals surface area (Å²) in [4.78, 5) is 12.4. The molecule has 3 rings (SSSR count). The summed E-state index contributed by atoms with van der Waals surface area (Å²) in [6, 6.07) is 19.2. The molecule has 186 valence electrons. The molecule has 8 nitrogen and oxygen atoms in total. The van der Waals surface area contributed by atoms with Crippen molar-refractivity contribution in [3.8, 4) is 0 Å². The van der Waals surface area contributed by atoms with Gasteiger partial charge in [0.15, 0.2) is 0 Å². The van der Waals surface area contributed by atoms with Crippen LogP contribution in [0.5, 0.6) is 0 Å². The van der Waals surface area contributed by atoms with Gasteiger partial charge in [0, 0.05) is 29.4 Å². The molecule has 1 amide bonds. The van der Waals surface area contributed by atoms with Gasteiger partial charge in [-0.1, -0.05) is 23.7 Å². The summed E-state index contributed by atoms with van der Waals surface area (Å²) in [5, 5.41) is 3.19. The Balaban J connectivity index is 1.56. The zero-order valence-electron chi connectivity index (χ0n) is 19.2. The number of amides is 1. The number of hydrogen-bond acceptors (Lipinski definition) is 5. The largest absolute Gasteiger partial charge is 0.326 e. The number of carbonyl (C=O) groups is 1. The Morgan fingerprint density at radius 2 is 1.54 bits per heavy atom. The highest BCUT2D eigenvalue weighted by Crippen LogP contribution is 2.21. The normalized spacial score (nSPS) is 11.6. The molecule has 0 unspecified atom stereocenters. The van der Waals surface area contributed by atoms with Crippen molar-refractivity contribution < 1.29 is 21.6 Å². The minimum absolute atomic E-state index is 0.0346. The number of aryl methyl sites for hydroxylation is 1. The Morgan fingerprint density at radius 1 is 0.914 bits per heavy atom. The van der Waals surface area contributed by atoms with E-state index < -0.39 is 20.0 Å². The van der Waals surface area contributed by atoms with E-state index >= 15 is 0 Å². The molecular weight excluding hydrogens is 510 g/mol. The van der Waals surface area contributed by atoms with E-state index in [2.05, 4.69) is 10.0 Å². The first-order valence-electron chi connectivity index (χ1n) is 10.7. The van der Waals surface area contributed by atoms with Gasteiger partial charge >= 0.3 is 0 Å². The molecule has 0 fully saturated rings. The van der Waals surface area contributed by atoms with Crippen LogP contribution in [0.15, 0.2) is 77.7 Å². The molecule has 0 radical (unpaired) electrons. The van der Waals surface area contributed by atoms with Crippen LogP contribution in [0.3, 0.4) is 0 Å². The zero-order valence-corrected chi connectivity index (χ0v) is 21.6. The van der Waals surface area contributed by atoms with Crippen molar-refractivity contribution in [2.75, 3.05) is 27.1 Å². The second-order valence-corrected chi connectivity index (χ2v) is 12.0. The van der Waals surface area contributed by atoms with Gasteiger partial charge < -0.3 is 5.32 Å². The summed E-state index contributed by atoms with van der Waals surface area (Å²) < 4.78 is 53.3. The molecule has 11 heteroatoms. The molecule has 3 aromatic rings. The first-order valence-corrected chi connectivity index (χ1v) is 14.4. The second-order valence-electron chi connectivity index (χ2n) is 7.96. The van der Waals surface area contributed by atoms with Crippen LogP contribution in [0.2, 0.25) is 5.02 Å². The number of nitrogens with one attached hydrogen (secondary N) is 2. The highest BCUT2D eigenvalue weighted by Gasteiger charge is 2.18. The lowest BCUT2D eigenvalue weighted by Gasteiger charge is -2.22. The predicted molar refractivity (Wildman–Crippen MR) is 140 cm³/mol. The quantitative estimate of drug-likeness (QED) is 0.393. The van der Waals surface area contributed by atoms with Crippen LogP contribution in [-0.4, -0.2) is 35.5 Å². The van der Waals surface area contributed by atoms with Crippen LogP contribution >= 0.6 is 11.6 Å². The second kappa shape index (κ2) is 11.1. The van der Waals surface area contributed by atoms with E-state index in [1.807, 2.05) is 13.0 Å². The Morgan fingerprint density at radius 3 is 2.14 bits per heavy atom. The van der Waals surface area contributed by atoms with Gasteiger partial charge in [-0.3, -0.25) is 13.8 Å². The lowest BCUT2D eigenvalue weighted by atomic mass is 10.2. The number of carbonyl (C=O) groups excluding carboxylic acids is 1. The molecule has 3 aromatic carbocycles. The van der Waals surface area contributed by atoms with E-state index in [0.29, 0.717) is 28.5 Å². The average Bonchev–Trinajstić information content (AvgIpc) is 2.77. The summed E-state index contributed by atoms with van der Waals surface area (Å²) in [7, 11) is -7.31. The molecule has 35 heavy (non-hydrogen) atoms. The van der Waals surface area contributed by atoms with Crippen molar-refractivity contribution in [3.63, 3.8) is 0 Å². The van der Waals surface area contributed by atoms with E-state index in [1.54, 1.807) is 42.5 Å². The molecule has 0 aromatic heterocycles. The van der Waals surface area contributed by atoms with Gasteiger partial charge in [0.05, 0.1) is 16.8 Å². The lowest BCUT2D eigenvalue weighted by molar-refractivity contribution is -0.116. The number of anilines is 3. The minimum Gasteiger partial charge on any atom is -0.326 e. The van der Waals surface area contributed by atoms with E-state index in [1.165, 1.54) is 28.6 Å². The monoisotopic (exact) mass is 535 g/mol. The number of benzene rings is 3. The zero-order chi connectivity index (χ0) is 25.6. The first-order chi connectivity index (χ1) is 16.4. The maximum absolute atomic E-state index is 12.6. The van der Waals surface area contributed by atoms with Crippen LogP contribution in [0, 0.1) is 6.92 Å². The number of hydrogen-bond donors (Lipinski definition) is 2. The van der Waals surface area contributed by atoms with Crippen LogP contribution < -0.4 is 14.3 Å². The molecular formula is C24H26ClN3O5S2. The third kappa shape index (κ3) is 7.71. The Kier molecular flexibility index (Phi) is 8.42. The van der Waals surface area contributed by atoms with Crippen molar-refractivity contribution in [1.82, 2.24) is 0 Å². The smallest absolute Gasteiger partial charge is 0.261 e. The number of nitrogens with zero attached hydrogens (tertiary/aromatic N) is 1. The average molecular weight is 536 g/mol. The highest BCUT2D eigenvalue weighted by molar-refractivity contribution is 7.92. The number of rotatable bonds is 10. The van der Waals surface area contributed by atoms with E-state index in [9.17, 15) is 21.6 Å². The van der Waals surface area contributed by atoms with E-state index in [0.717, 1.165) is 11.8 Å². The van der Waals surface area contributed by atoms with Crippen LogP contribution in [0.1, 0.15) is 18.4 Å². The van der Waals surface area contributed by atoms with E-state index in [-0.39, 0.29) is 23.8 Å². The fourth-order valence-electron chi connectivity index (χ4n) is 3.33. The topological polar surface area (TPSA) is 113 Å². The van der Waals surface area contributed by atoms with E-state index in [4.69, 9.17) is 11.6 Å². The maximum Gasteiger partial charge on any atom is 0.261 e. The van der Waals surface area contributed by atoms with Crippen molar-refractivity contribution in [1.29, 1.82) is 0 Å². The molecule has 0 aliphatic rings. The van der Waals surface area contributed by atoms with Gasteiger partial charge in [0.2, 0.25) is 15.9 Å². The molecule has 0 saturated carbocycles. The fraction of sp³-hybridized carbons (Fsp3) is 0.208. The molecule has 0 saturated heterocycles. The Hall–Kier alpha value is -3.08. The molecule has 0 spiro atoms. The van der Waals surface area contributed by atoms with Gasteiger partial charge in [-0.25, -0.2) is 16.8 Å². The summed E-state index contributed by atoms with van der Waals surface area (Å²) in [6.07, 6.45) is 1.53. The lowest BCUT2D eigenvalue weighted by Crippen LogP contribution is -2.31. The third-order valence-electron chi connectivity index (χ3n) is 5.00. The van der Waals surface area contributed by atoms with Gasteiger partial charge in [0.1, 0.15) is 0 Å². The SMILES string of the molecule is Cc1cccc(N(CCCC(=O)Nc2ccc(S(=O)(=O)Nc3ccc(Cl)cc3)cc2)S(C)(=O)=O)c1. The van der Waals surface area contributed by atoms with Crippen LogP contribution in [-0.2, 0) is 24.8 Å². The van der Waals surface area contributed by atoms with Crippen molar-refractivity contribution >= 4 is 54.6 Å². The summed E-state index contributed by atoms with van der Waals surface area (Å²) in [6.45, 7) is 2.03. The summed E-state index contributed by atoms with van der Waals surface area (Å²) in [5.74, 6) is -0.308. The fourth-order valence-corrected chi connectivity index (χ4v) is 5.47. The first kappa shape index (κ1) is 26.5. The van der Waals surface area contributed by atoms with Crippen LogP contribution in [0.4, 0.5) is 17.1 Å². The van der Waals surface area contributed by atoms with Crippen molar-refractivity contribution in [2.24, 2.45) is 0 Å². The molecule has 0 bridgehead atoms. The molecule has 0 aliphatic carbocycles. The standard InChI is InChI=1S/C24H26ClN3O5S2/c1-18-5-3-6-22(17-18)28(34(2,30)31)16-4-7-24(29)26-20-12-14-23(15-13-20)35(32,33)27-21-10-8-19(25)9-11-21/h3,5-6,8-15,17,27H,4,7,16H2,1-2H3,(H,26,29). The summed E-state index contributed by atoms with van der Waals surface area (Å²) >= 11 is 5.82. The molecule has 2 N–H and O–H groups in total. The Bertz CT molecular complexity index is 1390. The molecule has 0 heterocycles. The van der Waals surface area contributed by atoms with Gasteiger partial charge in [0.25, 0.3) is 10.0 Å². The predicted octanol–water partition coefficient (Wildman–Crippen LogP) is 4.63. The molecule has 0 aliphatic heterocycles. The molecule has 0 atom stereocenters. The maximum atomic E-state index is 12.6. The third-order valence-corrected chi connectivity index (χ3v) is 7.84. The Labute approximate surface area is 211 Å². The van der Waals surface area contributed by atoms with Gasteiger partial charge in [-0.2, -0.15) is 0 Å².